The first-order valence-electron chi connectivity index (χ1n) is 11.4. The lowest BCUT2D eigenvalue weighted by atomic mass is 9.83. The molecule has 6 nitrogen and oxygen atoms in total. The van der Waals surface area contributed by atoms with Crippen LogP contribution in [-0.2, 0) is 9.59 Å². The van der Waals surface area contributed by atoms with E-state index in [1.54, 1.807) is 55.6 Å². The van der Waals surface area contributed by atoms with Crippen molar-refractivity contribution in [3.05, 3.63) is 101 Å². The first-order valence-corrected chi connectivity index (χ1v) is 11.7. The predicted molar refractivity (Wildman–Crippen MR) is 132 cm³/mol. The second-order valence-electron chi connectivity index (χ2n) is 8.89. The highest BCUT2D eigenvalue weighted by Gasteiger charge is 2.64. The topological polar surface area (TPSA) is 66.9 Å². The van der Waals surface area contributed by atoms with E-state index in [9.17, 15) is 14.4 Å². The summed E-state index contributed by atoms with van der Waals surface area (Å²) in [6, 6.07) is 20.1. The number of methoxy groups -OCH3 is 1. The van der Waals surface area contributed by atoms with Crippen molar-refractivity contribution in [2.24, 2.45) is 11.8 Å². The molecule has 0 spiro atoms. The number of para-hydroxylation sites is 1. The zero-order chi connectivity index (χ0) is 24.3. The van der Waals surface area contributed by atoms with Crippen LogP contribution in [0, 0.1) is 11.8 Å². The Morgan fingerprint density at radius 3 is 2.31 bits per heavy atom. The molecule has 0 unspecified atom stereocenters. The maximum atomic E-state index is 13.9. The van der Waals surface area contributed by atoms with E-state index in [4.69, 9.17) is 16.3 Å². The molecule has 0 aromatic heterocycles. The average Bonchev–Trinajstić information content (AvgIpc) is 3.36. The Balaban J connectivity index is 1.49. The molecular weight excluding hydrogens is 464 g/mol. The van der Waals surface area contributed by atoms with Crippen LogP contribution >= 0.6 is 11.6 Å². The minimum atomic E-state index is -0.839. The molecule has 3 aliphatic heterocycles. The number of carbonyl (C=O) groups excluding carboxylic acids is 3. The number of amides is 2. The summed E-state index contributed by atoms with van der Waals surface area (Å²) in [4.78, 5) is 44.7. The van der Waals surface area contributed by atoms with E-state index < -0.39 is 29.8 Å². The van der Waals surface area contributed by atoms with Crippen molar-refractivity contribution in [2.75, 3.05) is 12.0 Å². The maximum absolute atomic E-state index is 13.9. The number of fused-ring (bicyclic) bond motifs is 5. The standard InChI is InChI=1S/C28H21ClN2O4/c1-35-18-12-10-17(11-13-18)26(32)25-23-22(24-19-7-3-2-6-16(19)14-15-30(24)25)27(33)31(28(23)34)21-9-5-4-8-20(21)29/h2-15,22-25H,1H3/t22-,23-,24-,25+/m1/s1. The largest absolute Gasteiger partial charge is 0.497 e. The minimum absolute atomic E-state index is 0.212. The fraction of sp³-hybridized carbons (Fsp3) is 0.179. The van der Waals surface area contributed by atoms with E-state index in [0.717, 1.165) is 11.1 Å². The number of benzene rings is 3. The molecular formula is C28H21ClN2O4. The molecule has 174 valence electrons. The van der Waals surface area contributed by atoms with Crippen molar-refractivity contribution in [1.29, 1.82) is 0 Å². The Kier molecular flexibility index (Phi) is 5.00. The summed E-state index contributed by atoms with van der Waals surface area (Å²) in [6.07, 6.45) is 3.78. The number of rotatable bonds is 4. The number of hydrogen-bond acceptors (Lipinski definition) is 5. The van der Waals surface area contributed by atoms with Crippen LogP contribution < -0.4 is 9.64 Å². The van der Waals surface area contributed by atoms with Gasteiger partial charge in [-0.2, -0.15) is 0 Å². The van der Waals surface area contributed by atoms with Gasteiger partial charge in [0.2, 0.25) is 11.8 Å². The van der Waals surface area contributed by atoms with Gasteiger partial charge in [0, 0.05) is 11.8 Å². The zero-order valence-electron chi connectivity index (χ0n) is 18.8. The smallest absolute Gasteiger partial charge is 0.240 e. The maximum Gasteiger partial charge on any atom is 0.240 e. The molecule has 0 bridgehead atoms. The molecule has 0 radical (unpaired) electrons. The van der Waals surface area contributed by atoms with Crippen molar-refractivity contribution >= 4 is 41.0 Å². The Morgan fingerprint density at radius 1 is 0.886 bits per heavy atom. The Hall–Kier alpha value is -3.90. The molecule has 0 N–H and O–H groups in total. The SMILES string of the molecule is COc1ccc(C(=O)[C@@H]2[C@@H]3C(=O)N(c4ccccc4Cl)C(=O)[C@H]3[C@H]3c4ccccc4C=CN23)cc1. The van der Waals surface area contributed by atoms with Gasteiger partial charge in [-0.25, -0.2) is 4.90 Å². The summed E-state index contributed by atoms with van der Waals surface area (Å²) in [7, 11) is 1.56. The first-order chi connectivity index (χ1) is 17.0. The average molecular weight is 485 g/mol. The molecule has 2 fully saturated rings. The van der Waals surface area contributed by atoms with E-state index in [1.165, 1.54) is 4.90 Å². The van der Waals surface area contributed by atoms with Crippen LogP contribution in [0.2, 0.25) is 5.02 Å². The van der Waals surface area contributed by atoms with Crippen LogP contribution in [0.4, 0.5) is 5.69 Å². The van der Waals surface area contributed by atoms with E-state index in [-0.39, 0.29) is 11.7 Å². The summed E-state index contributed by atoms with van der Waals surface area (Å²) < 4.78 is 5.22. The van der Waals surface area contributed by atoms with E-state index in [1.807, 2.05) is 41.4 Å². The van der Waals surface area contributed by atoms with Gasteiger partial charge in [0.25, 0.3) is 0 Å². The summed E-state index contributed by atoms with van der Waals surface area (Å²) >= 11 is 6.39. The molecule has 7 heteroatoms. The summed E-state index contributed by atoms with van der Waals surface area (Å²) in [5.41, 5.74) is 2.71. The predicted octanol–water partition coefficient (Wildman–Crippen LogP) is 4.75. The Bertz CT molecular complexity index is 1400. The highest BCUT2D eigenvalue weighted by Crippen LogP contribution is 2.54. The quantitative estimate of drug-likeness (QED) is 0.395. The lowest BCUT2D eigenvalue weighted by Gasteiger charge is -2.35. The molecule has 3 aromatic carbocycles. The Morgan fingerprint density at radius 2 is 1.57 bits per heavy atom. The van der Waals surface area contributed by atoms with Crippen LogP contribution in [0.3, 0.4) is 0 Å². The van der Waals surface area contributed by atoms with Gasteiger partial charge in [0.1, 0.15) is 11.8 Å². The first kappa shape index (κ1) is 21.6. The van der Waals surface area contributed by atoms with Crippen LogP contribution in [0.15, 0.2) is 79.0 Å². The third-order valence-electron chi connectivity index (χ3n) is 7.20. The molecule has 3 aliphatic rings. The Labute approximate surface area is 207 Å². The third-order valence-corrected chi connectivity index (χ3v) is 7.52. The van der Waals surface area contributed by atoms with Gasteiger partial charge in [0.15, 0.2) is 5.78 Å². The van der Waals surface area contributed by atoms with E-state index >= 15 is 0 Å². The van der Waals surface area contributed by atoms with E-state index in [0.29, 0.717) is 22.0 Å². The second kappa shape index (κ2) is 8.10. The molecule has 2 saturated heterocycles. The van der Waals surface area contributed by atoms with E-state index in [2.05, 4.69) is 0 Å². The number of ether oxygens (including phenoxy) is 1. The van der Waals surface area contributed by atoms with Gasteiger partial charge in [-0.15, -0.1) is 0 Å². The zero-order valence-corrected chi connectivity index (χ0v) is 19.6. The fourth-order valence-electron chi connectivity index (χ4n) is 5.65. The molecule has 3 heterocycles. The van der Waals surface area contributed by atoms with Gasteiger partial charge in [-0.1, -0.05) is 48.0 Å². The number of anilines is 1. The number of nitrogens with zero attached hydrogens (tertiary/aromatic N) is 2. The number of carbonyl (C=O) groups is 3. The van der Waals surface area contributed by atoms with Crippen molar-refractivity contribution in [3.8, 4) is 5.75 Å². The second-order valence-corrected chi connectivity index (χ2v) is 9.30. The van der Waals surface area contributed by atoms with Crippen LogP contribution in [0.5, 0.6) is 5.75 Å². The van der Waals surface area contributed by atoms with Gasteiger partial charge in [-0.3, -0.25) is 14.4 Å². The van der Waals surface area contributed by atoms with Gasteiger partial charge in [-0.05, 0) is 53.6 Å². The van der Waals surface area contributed by atoms with Crippen LogP contribution in [0.1, 0.15) is 27.5 Å². The molecule has 2 amide bonds. The molecule has 0 saturated carbocycles. The molecule has 4 atom stereocenters. The lowest BCUT2D eigenvalue weighted by Crippen LogP contribution is -2.44. The minimum Gasteiger partial charge on any atom is -0.497 e. The number of ketones is 1. The molecule has 0 aliphatic carbocycles. The normalized spacial score (nSPS) is 24.3. The van der Waals surface area contributed by atoms with Gasteiger partial charge < -0.3 is 9.64 Å². The summed E-state index contributed by atoms with van der Waals surface area (Å²) in [5.74, 6) is -1.87. The lowest BCUT2D eigenvalue weighted by molar-refractivity contribution is -0.123. The number of hydrogen-bond donors (Lipinski definition) is 0. The fourth-order valence-corrected chi connectivity index (χ4v) is 5.87. The third kappa shape index (κ3) is 3.13. The summed E-state index contributed by atoms with van der Waals surface area (Å²) in [6.45, 7) is 0. The van der Waals surface area contributed by atoms with Crippen molar-refractivity contribution in [1.82, 2.24) is 4.90 Å². The van der Waals surface area contributed by atoms with Crippen molar-refractivity contribution in [2.45, 2.75) is 12.1 Å². The summed E-state index contributed by atoms with van der Waals surface area (Å²) in [5, 5.41) is 0.313. The highest BCUT2D eigenvalue weighted by molar-refractivity contribution is 6.36. The number of Topliss-reactive ketones (excluding diaryl/α,β-unsaturated/α-hetero) is 1. The molecule has 6 rings (SSSR count). The van der Waals surface area contributed by atoms with Crippen molar-refractivity contribution < 1.29 is 19.1 Å². The number of halogens is 1. The number of imide groups is 1. The monoisotopic (exact) mass is 484 g/mol. The van der Waals surface area contributed by atoms with Crippen LogP contribution in [-0.4, -0.2) is 35.6 Å². The van der Waals surface area contributed by atoms with Gasteiger partial charge in [0.05, 0.1) is 35.7 Å². The van der Waals surface area contributed by atoms with Gasteiger partial charge >= 0.3 is 0 Å². The highest BCUT2D eigenvalue weighted by atomic mass is 35.5. The molecule has 3 aromatic rings. The van der Waals surface area contributed by atoms with Crippen molar-refractivity contribution in [3.63, 3.8) is 0 Å². The molecule has 35 heavy (non-hydrogen) atoms. The van der Waals surface area contributed by atoms with Crippen LogP contribution in [0.25, 0.3) is 6.08 Å².